The molecule has 1 aromatic rings. The molecule has 5 nitrogen and oxygen atoms in total. The molecule has 1 aromatic heterocycles. The number of aryl methyl sites for hydroxylation is 1. The largest absolute Gasteiger partial charge is 0.356 e. The van der Waals surface area contributed by atoms with Crippen molar-refractivity contribution in [2.75, 3.05) is 19.6 Å². The monoisotopic (exact) mass is 264 g/mol. The van der Waals surface area contributed by atoms with E-state index in [9.17, 15) is 4.79 Å². The first-order valence-corrected chi connectivity index (χ1v) is 7.28. The molecule has 0 aliphatic carbocycles. The van der Waals surface area contributed by atoms with E-state index in [1.165, 1.54) is 6.42 Å². The molecule has 1 aliphatic rings. The van der Waals surface area contributed by atoms with Crippen molar-refractivity contribution in [3.63, 3.8) is 0 Å². The topological polar surface area (TPSA) is 59.0 Å². The summed E-state index contributed by atoms with van der Waals surface area (Å²) in [5.41, 5.74) is 0. The van der Waals surface area contributed by atoms with Crippen LogP contribution >= 0.6 is 0 Å². The van der Waals surface area contributed by atoms with E-state index in [4.69, 9.17) is 0 Å². The zero-order valence-electron chi connectivity index (χ0n) is 11.5. The number of rotatable bonds is 8. The first kappa shape index (κ1) is 14.1. The molecule has 2 N–H and O–H groups in total. The summed E-state index contributed by atoms with van der Waals surface area (Å²) >= 11 is 0. The van der Waals surface area contributed by atoms with Gasteiger partial charge in [-0.2, -0.15) is 0 Å². The van der Waals surface area contributed by atoms with Gasteiger partial charge < -0.3 is 15.2 Å². The minimum atomic E-state index is 0.203. The molecule has 106 valence electrons. The van der Waals surface area contributed by atoms with Gasteiger partial charge in [0.15, 0.2) is 0 Å². The van der Waals surface area contributed by atoms with Crippen molar-refractivity contribution < 1.29 is 4.79 Å². The van der Waals surface area contributed by atoms with Crippen molar-refractivity contribution in [3.8, 4) is 0 Å². The SMILES string of the molecule is O=C(CCC1CCNC1)NCCCCn1ccnc1. The van der Waals surface area contributed by atoms with E-state index >= 15 is 0 Å². The third-order valence-corrected chi connectivity index (χ3v) is 3.67. The lowest BCUT2D eigenvalue weighted by atomic mass is 10.0. The highest BCUT2D eigenvalue weighted by Gasteiger charge is 2.15. The molecule has 0 spiro atoms. The van der Waals surface area contributed by atoms with Gasteiger partial charge in [0.25, 0.3) is 0 Å². The number of carbonyl (C=O) groups is 1. The van der Waals surface area contributed by atoms with Crippen LogP contribution < -0.4 is 10.6 Å². The molecular formula is C14H24N4O. The Bertz CT molecular complexity index is 358. The van der Waals surface area contributed by atoms with Crippen molar-refractivity contribution in [2.45, 2.75) is 38.6 Å². The summed E-state index contributed by atoms with van der Waals surface area (Å²) in [6, 6.07) is 0. The van der Waals surface area contributed by atoms with E-state index in [1.54, 1.807) is 6.20 Å². The lowest BCUT2D eigenvalue weighted by Gasteiger charge is -2.08. The van der Waals surface area contributed by atoms with Crippen LogP contribution in [0.25, 0.3) is 0 Å². The van der Waals surface area contributed by atoms with Gasteiger partial charge in [-0.15, -0.1) is 0 Å². The number of carbonyl (C=O) groups excluding carboxylic acids is 1. The number of aromatic nitrogens is 2. The fourth-order valence-electron chi connectivity index (χ4n) is 2.45. The average Bonchev–Trinajstić information content (AvgIpc) is 3.09. The molecule has 1 fully saturated rings. The Hall–Kier alpha value is -1.36. The van der Waals surface area contributed by atoms with Crippen LogP contribution in [0.15, 0.2) is 18.7 Å². The van der Waals surface area contributed by atoms with Crippen molar-refractivity contribution in [2.24, 2.45) is 5.92 Å². The minimum absolute atomic E-state index is 0.203. The standard InChI is InChI=1S/C14H24N4O/c19-14(4-3-13-5-7-15-11-13)17-6-1-2-9-18-10-8-16-12-18/h8,10,12-13,15H,1-7,9,11H2,(H,17,19). The summed E-state index contributed by atoms with van der Waals surface area (Å²) in [6.45, 7) is 3.96. The van der Waals surface area contributed by atoms with Gasteiger partial charge in [0, 0.05) is 31.9 Å². The Morgan fingerprint density at radius 2 is 2.42 bits per heavy atom. The van der Waals surface area contributed by atoms with Crippen LogP contribution in [0.4, 0.5) is 0 Å². The number of nitrogens with zero attached hydrogens (tertiary/aromatic N) is 2. The second-order valence-corrected chi connectivity index (χ2v) is 5.26. The zero-order chi connectivity index (χ0) is 13.3. The van der Waals surface area contributed by atoms with Crippen molar-refractivity contribution in [1.82, 2.24) is 20.2 Å². The molecule has 0 bridgehead atoms. The molecule has 1 amide bonds. The summed E-state index contributed by atoms with van der Waals surface area (Å²) in [5.74, 6) is 0.904. The van der Waals surface area contributed by atoms with Crippen molar-refractivity contribution in [3.05, 3.63) is 18.7 Å². The Labute approximate surface area is 114 Å². The second-order valence-electron chi connectivity index (χ2n) is 5.26. The van der Waals surface area contributed by atoms with E-state index < -0.39 is 0 Å². The van der Waals surface area contributed by atoms with E-state index in [0.717, 1.165) is 45.4 Å². The van der Waals surface area contributed by atoms with E-state index in [2.05, 4.69) is 20.2 Å². The van der Waals surface area contributed by atoms with Gasteiger partial charge >= 0.3 is 0 Å². The van der Waals surface area contributed by atoms with Gasteiger partial charge in [0.1, 0.15) is 0 Å². The highest BCUT2D eigenvalue weighted by atomic mass is 16.1. The fraction of sp³-hybridized carbons (Fsp3) is 0.714. The maximum Gasteiger partial charge on any atom is 0.220 e. The summed E-state index contributed by atoms with van der Waals surface area (Å²) in [7, 11) is 0. The van der Waals surface area contributed by atoms with Gasteiger partial charge in [0.05, 0.1) is 6.33 Å². The average molecular weight is 264 g/mol. The van der Waals surface area contributed by atoms with Crippen LogP contribution in [0, 0.1) is 5.92 Å². The third kappa shape index (κ3) is 5.42. The zero-order valence-corrected chi connectivity index (χ0v) is 11.5. The Kier molecular flexibility index (Phi) is 5.88. The second kappa shape index (κ2) is 7.94. The smallest absolute Gasteiger partial charge is 0.220 e. The summed E-state index contributed by atoms with van der Waals surface area (Å²) < 4.78 is 2.06. The molecule has 2 rings (SSSR count). The molecule has 19 heavy (non-hydrogen) atoms. The number of amides is 1. The summed E-state index contributed by atoms with van der Waals surface area (Å²) in [5, 5.41) is 6.33. The number of nitrogens with one attached hydrogen (secondary N) is 2. The van der Waals surface area contributed by atoms with E-state index in [1.807, 2.05) is 12.5 Å². The molecule has 1 unspecified atom stereocenters. The van der Waals surface area contributed by atoms with Crippen LogP contribution in [0.1, 0.15) is 32.1 Å². The molecular weight excluding hydrogens is 240 g/mol. The molecule has 1 aliphatic heterocycles. The van der Waals surface area contributed by atoms with Gasteiger partial charge in [0.2, 0.25) is 5.91 Å². The minimum Gasteiger partial charge on any atom is -0.356 e. The van der Waals surface area contributed by atoms with E-state index in [0.29, 0.717) is 12.3 Å². The Morgan fingerprint density at radius 3 is 3.16 bits per heavy atom. The summed E-state index contributed by atoms with van der Waals surface area (Å²) in [4.78, 5) is 15.6. The van der Waals surface area contributed by atoms with E-state index in [-0.39, 0.29) is 5.91 Å². The summed E-state index contributed by atoms with van der Waals surface area (Å²) in [6.07, 6.45) is 10.6. The third-order valence-electron chi connectivity index (χ3n) is 3.67. The number of imidazole rings is 1. The highest BCUT2D eigenvalue weighted by molar-refractivity contribution is 5.75. The fourth-order valence-corrected chi connectivity index (χ4v) is 2.45. The van der Waals surface area contributed by atoms with Gasteiger partial charge in [-0.3, -0.25) is 4.79 Å². The highest BCUT2D eigenvalue weighted by Crippen LogP contribution is 2.13. The van der Waals surface area contributed by atoms with Crippen LogP contribution in [-0.2, 0) is 11.3 Å². The Balaban J connectivity index is 1.44. The molecule has 2 heterocycles. The molecule has 0 saturated carbocycles. The lowest BCUT2D eigenvalue weighted by Crippen LogP contribution is -2.25. The van der Waals surface area contributed by atoms with Gasteiger partial charge in [-0.1, -0.05) is 0 Å². The first-order valence-electron chi connectivity index (χ1n) is 7.28. The van der Waals surface area contributed by atoms with Crippen LogP contribution in [0.5, 0.6) is 0 Å². The Morgan fingerprint density at radius 1 is 1.47 bits per heavy atom. The van der Waals surface area contributed by atoms with Crippen LogP contribution in [0.2, 0.25) is 0 Å². The predicted octanol–water partition coefficient (Wildman–Crippen LogP) is 1.17. The molecule has 1 saturated heterocycles. The number of hydrogen-bond acceptors (Lipinski definition) is 3. The van der Waals surface area contributed by atoms with Crippen molar-refractivity contribution in [1.29, 1.82) is 0 Å². The van der Waals surface area contributed by atoms with Gasteiger partial charge in [-0.05, 0) is 44.7 Å². The molecule has 5 heteroatoms. The first-order chi connectivity index (χ1) is 9.34. The van der Waals surface area contributed by atoms with Crippen molar-refractivity contribution >= 4 is 5.91 Å². The molecule has 1 atom stereocenters. The predicted molar refractivity (Wildman–Crippen MR) is 74.7 cm³/mol. The van der Waals surface area contributed by atoms with Crippen LogP contribution in [-0.4, -0.2) is 35.1 Å². The maximum absolute atomic E-state index is 11.6. The molecule has 0 radical (unpaired) electrons. The lowest BCUT2D eigenvalue weighted by molar-refractivity contribution is -0.121. The maximum atomic E-state index is 11.6. The van der Waals surface area contributed by atoms with Crippen LogP contribution in [0.3, 0.4) is 0 Å². The van der Waals surface area contributed by atoms with Gasteiger partial charge in [-0.25, -0.2) is 4.98 Å². The molecule has 0 aromatic carbocycles. The quantitative estimate of drug-likeness (QED) is 0.693. The number of hydrogen-bond donors (Lipinski definition) is 2. The number of unbranched alkanes of at least 4 members (excludes halogenated alkanes) is 1. The normalized spacial score (nSPS) is 18.6.